The number of hydrogen-bond donors (Lipinski definition) is 1. The van der Waals surface area contributed by atoms with Crippen molar-refractivity contribution in [3.05, 3.63) is 23.8 Å². The zero-order valence-corrected chi connectivity index (χ0v) is 9.74. The Labute approximate surface area is 97.0 Å². The third-order valence-corrected chi connectivity index (χ3v) is 3.87. The summed E-state index contributed by atoms with van der Waals surface area (Å²) in [7, 11) is 0. The van der Waals surface area contributed by atoms with Crippen molar-refractivity contribution in [1.82, 2.24) is 0 Å². The summed E-state index contributed by atoms with van der Waals surface area (Å²) in [4.78, 5) is 11.5. The first-order valence-corrected chi connectivity index (χ1v) is 6.29. The average Bonchev–Trinajstić information content (AvgIpc) is 2.31. The van der Waals surface area contributed by atoms with Crippen LogP contribution in [0.3, 0.4) is 0 Å². The maximum absolute atomic E-state index is 11.5. The molecule has 2 aliphatic rings. The van der Waals surface area contributed by atoms with Gasteiger partial charge in [-0.05, 0) is 51.4 Å². The standard InChI is InChI=1S/C14H20O2/c15-13(16)14(9-5-2-6-10-14)11-12-7-3-1-4-8-12/h2,5,7H,1,3-4,6,8-11H2,(H,15,16). The molecule has 2 heteroatoms. The normalized spacial score (nSPS) is 29.9. The highest BCUT2D eigenvalue weighted by molar-refractivity contribution is 5.75. The van der Waals surface area contributed by atoms with Crippen molar-refractivity contribution in [3.8, 4) is 0 Å². The molecule has 0 saturated heterocycles. The lowest BCUT2D eigenvalue weighted by molar-refractivity contribution is -0.149. The molecule has 0 amide bonds. The number of carboxylic acids is 1. The second kappa shape index (κ2) is 4.86. The number of carboxylic acid groups (broad SMARTS) is 1. The number of carbonyl (C=O) groups is 1. The summed E-state index contributed by atoms with van der Waals surface area (Å²) in [5, 5.41) is 9.46. The lowest BCUT2D eigenvalue weighted by Crippen LogP contribution is -2.32. The first-order valence-electron chi connectivity index (χ1n) is 6.29. The molecular weight excluding hydrogens is 200 g/mol. The molecule has 0 aromatic carbocycles. The molecule has 0 heterocycles. The molecule has 0 aliphatic heterocycles. The van der Waals surface area contributed by atoms with Gasteiger partial charge in [-0.25, -0.2) is 0 Å². The van der Waals surface area contributed by atoms with Crippen LogP contribution in [0.5, 0.6) is 0 Å². The summed E-state index contributed by atoms with van der Waals surface area (Å²) in [5.74, 6) is -0.608. The van der Waals surface area contributed by atoms with E-state index in [1.807, 2.05) is 6.08 Å². The van der Waals surface area contributed by atoms with E-state index in [0.29, 0.717) is 6.42 Å². The Morgan fingerprint density at radius 2 is 2.19 bits per heavy atom. The van der Waals surface area contributed by atoms with Crippen LogP contribution in [0.2, 0.25) is 0 Å². The highest BCUT2D eigenvalue weighted by Crippen LogP contribution is 2.40. The first-order chi connectivity index (χ1) is 7.73. The van der Waals surface area contributed by atoms with Crippen LogP contribution in [-0.2, 0) is 4.79 Å². The predicted octanol–water partition coefficient (Wildman–Crippen LogP) is 3.69. The average molecular weight is 220 g/mol. The minimum Gasteiger partial charge on any atom is -0.481 e. The molecule has 0 bridgehead atoms. The van der Waals surface area contributed by atoms with Crippen molar-refractivity contribution in [3.63, 3.8) is 0 Å². The van der Waals surface area contributed by atoms with Gasteiger partial charge in [0.05, 0.1) is 5.41 Å². The third-order valence-electron chi connectivity index (χ3n) is 3.87. The molecular formula is C14H20O2. The molecule has 1 N–H and O–H groups in total. The molecule has 88 valence electrons. The van der Waals surface area contributed by atoms with Crippen LogP contribution in [-0.4, -0.2) is 11.1 Å². The van der Waals surface area contributed by atoms with Crippen molar-refractivity contribution >= 4 is 5.97 Å². The lowest BCUT2D eigenvalue weighted by atomic mass is 9.71. The molecule has 0 fully saturated rings. The Bertz CT molecular complexity index is 328. The van der Waals surface area contributed by atoms with Gasteiger partial charge in [-0.1, -0.05) is 23.8 Å². The fourth-order valence-electron chi connectivity index (χ4n) is 2.82. The van der Waals surface area contributed by atoms with Gasteiger partial charge in [-0.2, -0.15) is 0 Å². The van der Waals surface area contributed by atoms with E-state index in [4.69, 9.17) is 0 Å². The zero-order valence-electron chi connectivity index (χ0n) is 9.74. The Morgan fingerprint density at radius 3 is 2.75 bits per heavy atom. The van der Waals surface area contributed by atoms with Gasteiger partial charge in [0, 0.05) is 0 Å². The van der Waals surface area contributed by atoms with Gasteiger partial charge >= 0.3 is 5.97 Å². The Hall–Kier alpha value is -1.05. The van der Waals surface area contributed by atoms with Crippen LogP contribution in [0.25, 0.3) is 0 Å². The minimum absolute atomic E-state index is 0.502. The van der Waals surface area contributed by atoms with E-state index in [1.54, 1.807) is 0 Å². The number of aliphatic carboxylic acids is 1. The van der Waals surface area contributed by atoms with Crippen molar-refractivity contribution in [1.29, 1.82) is 0 Å². The van der Waals surface area contributed by atoms with Gasteiger partial charge in [-0.3, -0.25) is 4.79 Å². The van der Waals surface area contributed by atoms with E-state index in [1.165, 1.54) is 18.4 Å². The Kier molecular flexibility index (Phi) is 3.47. The Morgan fingerprint density at radius 1 is 1.31 bits per heavy atom. The van der Waals surface area contributed by atoms with Crippen molar-refractivity contribution < 1.29 is 9.90 Å². The Balaban J connectivity index is 2.10. The first kappa shape index (κ1) is 11.4. The van der Waals surface area contributed by atoms with Gasteiger partial charge in [0.1, 0.15) is 0 Å². The monoisotopic (exact) mass is 220 g/mol. The second-order valence-corrected chi connectivity index (χ2v) is 5.08. The van der Waals surface area contributed by atoms with Crippen molar-refractivity contribution in [2.24, 2.45) is 5.41 Å². The van der Waals surface area contributed by atoms with Gasteiger partial charge in [-0.15, -0.1) is 0 Å². The van der Waals surface area contributed by atoms with Crippen LogP contribution in [0.15, 0.2) is 23.8 Å². The molecule has 1 atom stereocenters. The topological polar surface area (TPSA) is 37.3 Å². The second-order valence-electron chi connectivity index (χ2n) is 5.08. The fourth-order valence-corrected chi connectivity index (χ4v) is 2.82. The quantitative estimate of drug-likeness (QED) is 0.736. The van der Waals surface area contributed by atoms with Crippen LogP contribution >= 0.6 is 0 Å². The molecule has 1 unspecified atom stereocenters. The molecule has 2 aliphatic carbocycles. The smallest absolute Gasteiger partial charge is 0.310 e. The van der Waals surface area contributed by atoms with Crippen molar-refractivity contribution in [2.45, 2.75) is 51.4 Å². The van der Waals surface area contributed by atoms with Crippen LogP contribution in [0.4, 0.5) is 0 Å². The van der Waals surface area contributed by atoms with Crippen LogP contribution in [0, 0.1) is 5.41 Å². The minimum atomic E-state index is -0.608. The fraction of sp³-hybridized carbons (Fsp3) is 0.643. The van der Waals surface area contributed by atoms with Crippen LogP contribution < -0.4 is 0 Å². The summed E-state index contributed by atoms with van der Waals surface area (Å²) in [6.07, 6.45) is 14.4. The zero-order chi connectivity index (χ0) is 11.4. The van der Waals surface area contributed by atoms with Crippen molar-refractivity contribution in [2.75, 3.05) is 0 Å². The number of hydrogen-bond acceptors (Lipinski definition) is 1. The maximum Gasteiger partial charge on any atom is 0.310 e. The third kappa shape index (κ3) is 2.37. The summed E-state index contributed by atoms with van der Waals surface area (Å²) < 4.78 is 0. The number of allylic oxidation sites excluding steroid dienone is 4. The van der Waals surface area contributed by atoms with E-state index in [0.717, 1.165) is 32.1 Å². The van der Waals surface area contributed by atoms with E-state index < -0.39 is 11.4 Å². The molecule has 16 heavy (non-hydrogen) atoms. The summed E-state index contributed by atoms with van der Waals surface area (Å²) in [5.41, 5.74) is 0.877. The molecule has 0 aromatic heterocycles. The molecule has 0 saturated carbocycles. The van der Waals surface area contributed by atoms with E-state index >= 15 is 0 Å². The van der Waals surface area contributed by atoms with Gasteiger partial charge in [0.25, 0.3) is 0 Å². The molecule has 2 rings (SSSR count). The number of rotatable bonds is 3. The molecule has 0 radical (unpaired) electrons. The highest BCUT2D eigenvalue weighted by atomic mass is 16.4. The summed E-state index contributed by atoms with van der Waals surface area (Å²) in [6, 6.07) is 0. The van der Waals surface area contributed by atoms with Gasteiger partial charge in [0.15, 0.2) is 0 Å². The van der Waals surface area contributed by atoms with Crippen LogP contribution in [0.1, 0.15) is 51.4 Å². The van der Waals surface area contributed by atoms with E-state index in [-0.39, 0.29) is 0 Å². The summed E-state index contributed by atoms with van der Waals surface area (Å²) in [6.45, 7) is 0. The predicted molar refractivity (Wildman–Crippen MR) is 64.2 cm³/mol. The van der Waals surface area contributed by atoms with E-state index in [2.05, 4.69) is 12.2 Å². The molecule has 0 aromatic rings. The van der Waals surface area contributed by atoms with Gasteiger partial charge < -0.3 is 5.11 Å². The largest absolute Gasteiger partial charge is 0.481 e. The summed E-state index contributed by atoms with van der Waals surface area (Å²) >= 11 is 0. The van der Waals surface area contributed by atoms with Gasteiger partial charge in [0.2, 0.25) is 0 Å². The molecule has 2 nitrogen and oxygen atoms in total. The SMILES string of the molecule is O=C(O)C1(CC2=CCCCC2)CC=CCC1. The molecule has 0 spiro atoms. The highest BCUT2D eigenvalue weighted by Gasteiger charge is 2.38. The van der Waals surface area contributed by atoms with E-state index in [9.17, 15) is 9.90 Å². The maximum atomic E-state index is 11.5. The lowest BCUT2D eigenvalue weighted by Gasteiger charge is -2.32.